The second-order valence-electron chi connectivity index (χ2n) is 3.18. The molecule has 0 amide bonds. The third-order valence-electron chi connectivity index (χ3n) is 2.17. The van der Waals surface area contributed by atoms with E-state index in [1.165, 1.54) is 13.1 Å². The van der Waals surface area contributed by atoms with Gasteiger partial charge in [0.2, 0.25) is 0 Å². The maximum absolute atomic E-state index is 2.40. The Hall–Kier alpha value is -0.0400. The van der Waals surface area contributed by atoms with Crippen LogP contribution in [0, 0.1) is 11.8 Å². The van der Waals surface area contributed by atoms with E-state index in [1.807, 2.05) is 0 Å². The van der Waals surface area contributed by atoms with Crippen LogP contribution in [-0.2, 0) is 0 Å². The molecule has 0 bridgehead atoms. The monoisotopic (exact) mass is 113 g/mol. The smallest absolute Gasteiger partial charge is 0.000711 e. The first-order chi connectivity index (χ1) is 3.70. The summed E-state index contributed by atoms with van der Waals surface area (Å²) in [6.07, 6.45) is 0. The molecule has 1 heterocycles. The van der Waals surface area contributed by atoms with Crippen LogP contribution >= 0.6 is 0 Å². The molecule has 1 fully saturated rings. The lowest BCUT2D eigenvalue weighted by atomic mass is 10.0. The minimum Gasteiger partial charge on any atom is -0.306 e. The SMILES string of the molecule is CC1CN(C)C[C@H]1C. The van der Waals surface area contributed by atoms with E-state index < -0.39 is 0 Å². The summed E-state index contributed by atoms with van der Waals surface area (Å²) in [5, 5.41) is 0. The van der Waals surface area contributed by atoms with Crippen LogP contribution < -0.4 is 0 Å². The largest absolute Gasteiger partial charge is 0.306 e. The molecule has 0 spiro atoms. The molecule has 1 heteroatoms. The van der Waals surface area contributed by atoms with Crippen LogP contribution in [0.1, 0.15) is 13.8 Å². The van der Waals surface area contributed by atoms with Crippen LogP contribution in [0.15, 0.2) is 0 Å². The summed E-state index contributed by atoms with van der Waals surface area (Å²) >= 11 is 0. The minimum atomic E-state index is 0.917. The van der Waals surface area contributed by atoms with Crippen molar-refractivity contribution in [2.24, 2.45) is 11.8 Å². The quantitative estimate of drug-likeness (QED) is 0.456. The summed E-state index contributed by atoms with van der Waals surface area (Å²) in [7, 11) is 2.19. The molecule has 0 aromatic heterocycles. The lowest BCUT2D eigenvalue weighted by Crippen LogP contribution is -2.13. The zero-order chi connectivity index (χ0) is 6.15. The number of nitrogens with zero attached hydrogens (tertiary/aromatic N) is 1. The summed E-state index contributed by atoms with van der Waals surface area (Å²) in [5.41, 5.74) is 0. The van der Waals surface area contributed by atoms with Crippen molar-refractivity contribution in [3.05, 3.63) is 0 Å². The Morgan fingerprint density at radius 2 is 1.50 bits per heavy atom. The number of hydrogen-bond acceptors (Lipinski definition) is 1. The van der Waals surface area contributed by atoms with Gasteiger partial charge in [-0.2, -0.15) is 0 Å². The molecule has 0 saturated carbocycles. The topological polar surface area (TPSA) is 3.24 Å². The summed E-state index contributed by atoms with van der Waals surface area (Å²) in [6.45, 7) is 7.24. The molecule has 2 atom stereocenters. The lowest BCUT2D eigenvalue weighted by Gasteiger charge is -2.03. The number of rotatable bonds is 0. The van der Waals surface area contributed by atoms with Crippen molar-refractivity contribution in [3.8, 4) is 0 Å². The Kier molecular flexibility index (Phi) is 1.57. The average molecular weight is 113 g/mol. The van der Waals surface area contributed by atoms with E-state index in [1.54, 1.807) is 0 Å². The van der Waals surface area contributed by atoms with Crippen molar-refractivity contribution in [3.63, 3.8) is 0 Å². The highest BCUT2D eigenvalue weighted by molar-refractivity contribution is 4.75. The Morgan fingerprint density at radius 3 is 1.62 bits per heavy atom. The molecule has 8 heavy (non-hydrogen) atoms. The second-order valence-corrected chi connectivity index (χ2v) is 3.18. The zero-order valence-electron chi connectivity index (χ0n) is 6.02. The van der Waals surface area contributed by atoms with Gasteiger partial charge >= 0.3 is 0 Å². The second kappa shape index (κ2) is 2.06. The van der Waals surface area contributed by atoms with E-state index >= 15 is 0 Å². The summed E-state index contributed by atoms with van der Waals surface area (Å²) in [4.78, 5) is 2.40. The molecule has 0 aromatic carbocycles. The van der Waals surface area contributed by atoms with Crippen molar-refractivity contribution < 1.29 is 0 Å². The molecule has 1 aliphatic heterocycles. The number of likely N-dealkylation sites (tertiary alicyclic amines) is 1. The average Bonchev–Trinajstić information content (AvgIpc) is 1.85. The summed E-state index contributed by atoms with van der Waals surface area (Å²) in [6, 6.07) is 0. The van der Waals surface area contributed by atoms with Crippen molar-refractivity contribution in [1.29, 1.82) is 0 Å². The Labute approximate surface area is 51.7 Å². The first-order valence-electron chi connectivity index (χ1n) is 3.38. The van der Waals surface area contributed by atoms with Crippen molar-refractivity contribution in [2.75, 3.05) is 20.1 Å². The van der Waals surface area contributed by atoms with Gasteiger partial charge in [0.05, 0.1) is 0 Å². The molecule has 0 radical (unpaired) electrons. The predicted molar refractivity (Wildman–Crippen MR) is 35.8 cm³/mol. The van der Waals surface area contributed by atoms with E-state index in [9.17, 15) is 0 Å². The molecule has 1 unspecified atom stereocenters. The molecule has 0 aliphatic carbocycles. The van der Waals surface area contributed by atoms with Gasteiger partial charge in [0.25, 0.3) is 0 Å². The standard InChI is InChI=1S/C7H15N/c1-6-4-8(3)5-7(6)2/h6-7H,4-5H2,1-3H3/t6-,7?/m1/s1. The van der Waals surface area contributed by atoms with Gasteiger partial charge in [0, 0.05) is 13.1 Å². The van der Waals surface area contributed by atoms with E-state index in [2.05, 4.69) is 25.8 Å². The van der Waals surface area contributed by atoms with Gasteiger partial charge in [0.15, 0.2) is 0 Å². The molecule has 0 aromatic rings. The van der Waals surface area contributed by atoms with Gasteiger partial charge in [-0.3, -0.25) is 0 Å². The van der Waals surface area contributed by atoms with Gasteiger partial charge in [-0.1, -0.05) is 13.8 Å². The van der Waals surface area contributed by atoms with Gasteiger partial charge in [-0.25, -0.2) is 0 Å². The molecule has 0 N–H and O–H groups in total. The summed E-state index contributed by atoms with van der Waals surface area (Å²) in [5.74, 6) is 1.83. The molecule has 1 rings (SSSR count). The van der Waals surface area contributed by atoms with E-state index in [4.69, 9.17) is 0 Å². The van der Waals surface area contributed by atoms with Crippen LogP contribution in [0.3, 0.4) is 0 Å². The lowest BCUT2D eigenvalue weighted by molar-refractivity contribution is 0.398. The fraction of sp³-hybridized carbons (Fsp3) is 1.00. The zero-order valence-corrected chi connectivity index (χ0v) is 6.02. The molecule has 1 saturated heterocycles. The maximum Gasteiger partial charge on any atom is 0.000711 e. The van der Waals surface area contributed by atoms with Gasteiger partial charge in [-0.15, -0.1) is 0 Å². The van der Waals surface area contributed by atoms with E-state index in [0.717, 1.165) is 11.8 Å². The predicted octanol–water partition coefficient (Wildman–Crippen LogP) is 1.20. The van der Waals surface area contributed by atoms with Gasteiger partial charge < -0.3 is 4.90 Å². The van der Waals surface area contributed by atoms with Crippen LogP contribution in [0.5, 0.6) is 0 Å². The Morgan fingerprint density at radius 1 is 1.12 bits per heavy atom. The van der Waals surface area contributed by atoms with Gasteiger partial charge in [0.1, 0.15) is 0 Å². The molecule has 48 valence electrons. The normalized spacial score (nSPS) is 40.9. The highest BCUT2D eigenvalue weighted by atomic mass is 15.1. The fourth-order valence-electron chi connectivity index (χ4n) is 1.42. The van der Waals surface area contributed by atoms with Crippen molar-refractivity contribution in [2.45, 2.75) is 13.8 Å². The third kappa shape index (κ3) is 1.03. The minimum absolute atomic E-state index is 0.917. The first kappa shape index (κ1) is 6.09. The molecule has 1 nitrogen and oxygen atoms in total. The van der Waals surface area contributed by atoms with Crippen LogP contribution in [-0.4, -0.2) is 25.0 Å². The maximum atomic E-state index is 2.40. The third-order valence-corrected chi connectivity index (χ3v) is 2.17. The van der Waals surface area contributed by atoms with E-state index in [0.29, 0.717) is 0 Å². The first-order valence-corrected chi connectivity index (χ1v) is 3.38. The van der Waals surface area contributed by atoms with Crippen molar-refractivity contribution >= 4 is 0 Å². The molecular weight excluding hydrogens is 98.1 g/mol. The highest BCUT2D eigenvalue weighted by Gasteiger charge is 2.22. The van der Waals surface area contributed by atoms with Crippen LogP contribution in [0.2, 0.25) is 0 Å². The van der Waals surface area contributed by atoms with Crippen LogP contribution in [0.25, 0.3) is 0 Å². The van der Waals surface area contributed by atoms with Crippen LogP contribution in [0.4, 0.5) is 0 Å². The fourth-order valence-corrected chi connectivity index (χ4v) is 1.42. The summed E-state index contributed by atoms with van der Waals surface area (Å²) < 4.78 is 0. The highest BCUT2D eigenvalue weighted by Crippen LogP contribution is 2.19. The Bertz CT molecular complexity index is 70.5. The molecule has 1 aliphatic rings. The molecular formula is C7H15N. The van der Waals surface area contributed by atoms with Gasteiger partial charge in [-0.05, 0) is 18.9 Å². The van der Waals surface area contributed by atoms with E-state index in [-0.39, 0.29) is 0 Å². The Balaban J connectivity index is 2.39. The number of hydrogen-bond donors (Lipinski definition) is 0. The van der Waals surface area contributed by atoms with Crippen molar-refractivity contribution in [1.82, 2.24) is 4.90 Å².